The van der Waals surface area contributed by atoms with E-state index in [1.165, 1.54) is 28.1 Å². The van der Waals surface area contributed by atoms with Crippen molar-refractivity contribution in [2.75, 3.05) is 43.9 Å². The maximum atomic E-state index is 5.89. The fourth-order valence-corrected chi connectivity index (χ4v) is 8.36. The van der Waals surface area contributed by atoms with E-state index in [1.54, 1.807) is 31.0 Å². The number of morpholine rings is 1. The first kappa shape index (κ1) is 39.5. The highest BCUT2D eigenvalue weighted by atomic mass is 16.5. The number of aryl methyl sites for hydroxylation is 2. The lowest BCUT2D eigenvalue weighted by Crippen LogP contribution is -2.43. The number of rotatable bonds is 9. The molecular formula is C50H46N12O. The molecule has 7 heterocycles. The molecule has 6 aromatic heterocycles. The number of likely N-dealkylation sites (N-methyl/N-ethyl adjacent to an activating group) is 1. The summed E-state index contributed by atoms with van der Waals surface area (Å²) in [6, 6.07) is 27.7. The number of ether oxygens (including phenoxy) is 1. The van der Waals surface area contributed by atoms with Crippen LogP contribution in [0.2, 0.25) is 0 Å². The third-order valence-corrected chi connectivity index (χ3v) is 11.7. The van der Waals surface area contributed by atoms with Gasteiger partial charge in [0.15, 0.2) is 0 Å². The fraction of sp³-hybridized carbons (Fsp3) is 0.180. The average molecular weight is 831 g/mol. The van der Waals surface area contributed by atoms with Gasteiger partial charge in [-0.1, -0.05) is 24.3 Å². The Bertz CT molecular complexity index is 3220. The summed E-state index contributed by atoms with van der Waals surface area (Å²) in [6.45, 7) is 4.09. The molecule has 11 rings (SSSR count). The molecular weight excluding hydrogens is 785 g/mol. The van der Waals surface area contributed by atoms with Crippen molar-refractivity contribution in [3.8, 4) is 33.4 Å². The molecule has 13 heteroatoms. The number of anilines is 2. The van der Waals surface area contributed by atoms with Gasteiger partial charge in [0, 0.05) is 141 Å². The van der Waals surface area contributed by atoms with Gasteiger partial charge in [0.2, 0.25) is 0 Å². The summed E-state index contributed by atoms with van der Waals surface area (Å²) in [6.07, 6.45) is 20.1. The van der Waals surface area contributed by atoms with Gasteiger partial charge in [-0.15, -0.1) is 0 Å². The van der Waals surface area contributed by atoms with Crippen LogP contribution in [0.15, 0.2) is 147 Å². The Morgan fingerprint density at radius 2 is 1.19 bits per heavy atom. The second-order valence-electron chi connectivity index (χ2n) is 15.9. The number of aromatic nitrogens is 9. The van der Waals surface area contributed by atoms with Gasteiger partial charge < -0.3 is 29.4 Å². The number of benzene rings is 4. The van der Waals surface area contributed by atoms with Gasteiger partial charge in [-0.3, -0.25) is 24.9 Å². The highest BCUT2D eigenvalue weighted by Gasteiger charge is 2.18. The first-order chi connectivity index (χ1) is 30.9. The minimum absolute atomic E-state index is 0.189. The summed E-state index contributed by atoms with van der Waals surface area (Å²) < 4.78 is 10.2. The van der Waals surface area contributed by atoms with Gasteiger partial charge in [-0.05, 0) is 94.7 Å². The predicted molar refractivity (Wildman–Crippen MR) is 251 cm³/mol. The van der Waals surface area contributed by atoms with E-state index in [4.69, 9.17) is 4.74 Å². The Morgan fingerprint density at radius 1 is 0.587 bits per heavy atom. The lowest BCUT2D eigenvalue weighted by Gasteiger charge is -2.30. The second kappa shape index (κ2) is 17.4. The monoisotopic (exact) mass is 830 g/mol. The quantitative estimate of drug-likeness (QED) is 0.145. The predicted octanol–water partition coefficient (Wildman–Crippen LogP) is 8.78. The van der Waals surface area contributed by atoms with Gasteiger partial charge in [-0.25, -0.2) is 9.97 Å². The third kappa shape index (κ3) is 8.39. The molecule has 1 fully saturated rings. The molecule has 63 heavy (non-hydrogen) atoms. The Balaban J connectivity index is 0.000000152. The number of fused-ring (bicyclic) bond motifs is 4. The highest BCUT2D eigenvalue weighted by molar-refractivity contribution is 5.98. The number of hydrogen-bond acceptors (Lipinski definition) is 11. The zero-order chi connectivity index (χ0) is 42.7. The van der Waals surface area contributed by atoms with Crippen LogP contribution in [-0.2, 0) is 25.4 Å². The summed E-state index contributed by atoms with van der Waals surface area (Å²) >= 11 is 0. The van der Waals surface area contributed by atoms with E-state index in [-0.39, 0.29) is 6.10 Å². The summed E-state index contributed by atoms with van der Waals surface area (Å²) in [5.74, 6) is 0. The molecule has 0 amide bonds. The Morgan fingerprint density at radius 3 is 1.81 bits per heavy atom. The van der Waals surface area contributed by atoms with Crippen LogP contribution in [-0.4, -0.2) is 88.3 Å². The summed E-state index contributed by atoms with van der Waals surface area (Å²) in [7, 11) is 6.27. The van der Waals surface area contributed by atoms with Crippen molar-refractivity contribution in [1.82, 2.24) is 48.9 Å². The normalized spacial score (nSPS) is 14.2. The van der Waals surface area contributed by atoms with E-state index in [0.29, 0.717) is 6.54 Å². The minimum atomic E-state index is 0.189. The maximum absolute atomic E-state index is 5.89. The van der Waals surface area contributed by atoms with E-state index < -0.39 is 0 Å². The van der Waals surface area contributed by atoms with Crippen molar-refractivity contribution in [2.24, 2.45) is 14.1 Å². The average Bonchev–Trinajstić information content (AvgIpc) is 3.90. The van der Waals surface area contributed by atoms with Crippen LogP contribution < -0.4 is 10.6 Å². The number of nitrogens with one attached hydrogen (secondary N) is 2. The summed E-state index contributed by atoms with van der Waals surface area (Å²) in [4.78, 5) is 33.3. The molecule has 1 aliphatic rings. The number of hydrogen-bond donors (Lipinski definition) is 2. The third-order valence-electron chi connectivity index (χ3n) is 11.7. The van der Waals surface area contributed by atoms with Crippen LogP contribution in [0.25, 0.3) is 77.3 Å². The van der Waals surface area contributed by atoms with Gasteiger partial charge >= 0.3 is 0 Å². The Kier molecular flexibility index (Phi) is 10.9. The summed E-state index contributed by atoms with van der Waals surface area (Å²) in [5.41, 5.74) is 15.4. The Labute approximate surface area is 364 Å². The fourth-order valence-electron chi connectivity index (χ4n) is 8.36. The molecule has 13 nitrogen and oxygen atoms in total. The lowest BCUT2D eigenvalue weighted by atomic mass is 10.0. The van der Waals surface area contributed by atoms with Crippen molar-refractivity contribution in [1.29, 1.82) is 0 Å². The van der Waals surface area contributed by atoms with Crippen molar-refractivity contribution in [3.05, 3.63) is 153 Å². The zero-order valence-electron chi connectivity index (χ0n) is 35.3. The lowest BCUT2D eigenvalue weighted by molar-refractivity contribution is -0.0117. The molecule has 10 aromatic rings. The molecule has 0 aliphatic carbocycles. The van der Waals surface area contributed by atoms with E-state index in [2.05, 4.69) is 160 Å². The molecule has 0 saturated carbocycles. The van der Waals surface area contributed by atoms with Crippen LogP contribution in [0.1, 0.15) is 5.56 Å². The number of pyridine rings is 1. The van der Waals surface area contributed by atoms with Crippen LogP contribution >= 0.6 is 0 Å². The first-order valence-electron chi connectivity index (χ1n) is 21.0. The van der Waals surface area contributed by atoms with Gasteiger partial charge in [0.1, 0.15) is 6.33 Å². The SMILES string of the molecule is CN1CCOC(CNc2cc(-c3ccc4ccn(C)c4c3)c3nccnc3c2)C1.Cn1ccc2ccc(-c3cc(NCc4cnccc4-c4cncnc4)cc4nccnc34)cc21. The van der Waals surface area contributed by atoms with Crippen molar-refractivity contribution in [2.45, 2.75) is 12.6 Å². The second-order valence-corrected chi connectivity index (χ2v) is 15.9. The topological polar surface area (TPSA) is 137 Å². The molecule has 312 valence electrons. The maximum Gasteiger partial charge on any atom is 0.115 e. The smallest absolute Gasteiger partial charge is 0.115 e. The first-order valence-corrected chi connectivity index (χ1v) is 21.0. The van der Waals surface area contributed by atoms with E-state index in [9.17, 15) is 0 Å². The minimum Gasteiger partial charge on any atom is -0.382 e. The number of nitrogens with zero attached hydrogens (tertiary/aromatic N) is 10. The molecule has 1 atom stereocenters. The molecule has 1 aliphatic heterocycles. The molecule has 0 radical (unpaired) electrons. The highest BCUT2D eigenvalue weighted by Crippen LogP contribution is 2.34. The van der Waals surface area contributed by atoms with Crippen LogP contribution in [0, 0.1) is 0 Å². The van der Waals surface area contributed by atoms with E-state index >= 15 is 0 Å². The van der Waals surface area contributed by atoms with Crippen LogP contribution in [0.4, 0.5) is 11.4 Å². The van der Waals surface area contributed by atoms with Gasteiger partial charge in [0.05, 0.1) is 34.8 Å². The molecule has 2 N–H and O–H groups in total. The van der Waals surface area contributed by atoms with Crippen LogP contribution in [0.5, 0.6) is 0 Å². The molecule has 1 unspecified atom stereocenters. The molecule has 0 spiro atoms. The zero-order valence-corrected chi connectivity index (χ0v) is 35.3. The molecule has 4 aromatic carbocycles. The van der Waals surface area contributed by atoms with E-state index in [0.717, 1.165) is 98.6 Å². The van der Waals surface area contributed by atoms with Crippen LogP contribution in [0.3, 0.4) is 0 Å². The molecule has 0 bridgehead atoms. The van der Waals surface area contributed by atoms with Crippen molar-refractivity contribution in [3.63, 3.8) is 0 Å². The Hall–Kier alpha value is -7.61. The summed E-state index contributed by atoms with van der Waals surface area (Å²) in [5, 5.41) is 9.57. The van der Waals surface area contributed by atoms with Gasteiger partial charge in [0.25, 0.3) is 0 Å². The standard InChI is InChI=1S/C27H21N7.C23H25N5O/c1-34-9-5-18-2-3-19(10-26(18)34)24-11-22(12-25-27(24)32-8-7-31-25)33-16-21-13-28-6-4-23(21)20-14-29-17-30-15-20;1-27-9-10-29-19(15-27)14-26-18-12-20(23-21(13-18)24-6-7-25-23)17-4-3-16-5-8-28(2)22(16)11-17/h2-15,17,33H,16H2,1H3;3-8,11-13,19,26H,9-10,14-15H2,1-2H3. The van der Waals surface area contributed by atoms with Crippen molar-refractivity contribution >= 4 is 55.2 Å². The van der Waals surface area contributed by atoms with Gasteiger partial charge in [-0.2, -0.15) is 0 Å². The largest absolute Gasteiger partial charge is 0.382 e. The molecule has 1 saturated heterocycles. The van der Waals surface area contributed by atoms with E-state index in [1.807, 2.05) is 30.7 Å². The van der Waals surface area contributed by atoms with Crippen molar-refractivity contribution < 1.29 is 4.74 Å².